The zero-order chi connectivity index (χ0) is 18.5. The number of rotatable bonds is 6. The van der Waals surface area contributed by atoms with E-state index >= 15 is 0 Å². The van der Waals surface area contributed by atoms with Crippen LogP contribution in [-0.4, -0.2) is 69.3 Å². The second-order valence-corrected chi connectivity index (χ2v) is 9.79. The number of fused-ring (bicyclic) bond motifs is 1. The number of carbonyl (C=O) groups is 2. The average Bonchev–Trinajstić information content (AvgIpc) is 3.11. The molecule has 0 spiro atoms. The molecule has 1 aromatic heterocycles. The van der Waals surface area contributed by atoms with E-state index in [0.717, 1.165) is 28.8 Å². The maximum absolute atomic E-state index is 12.7. The first-order valence-electron chi connectivity index (χ1n) is 8.66. The minimum atomic E-state index is -0.00364. The summed E-state index contributed by atoms with van der Waals surface area (Å²) in [5, 5.41) is 0.910. The number of hydrogen-bond acceptors (Lipinski definition) is 6. The van der Waals surface area contributed by atoms with Gasteiger partial charge >= 0.3 is 0 Å². The van der Waals surface area contributed by atoms with E-state index in [9.17, 15) is 9.59 Å². The molecule has 0 bridgehead atoms. The highest BCUT2D eigenvalue weighted by Crippen LogP contribution is 2.31. The number of aromatic nitrogens is 1. The van der Waals surface area contributed by atoms with Gasteiger partial charge in [0.15, 0.2) is 0 Å². The molecule has 140 valence electrons. The van der Waals surface area contributed by atoms with Crippen LogP contribution in [0.1, 0.15) is 22.5 Å². The van der Waals surface area contributed by atoms with Crippen molar-refractivity contribution in [2.24, 2.45) is 0 Å². The van der Waals surface area contributed by atoms with Gasteiger partial charge in [-0.15, -0.1) is 23.5 Å². The number of amides is 2. The lowest BCUT2D eigenvalue weighted by Crippen LogP contribution is -2.37. The lowest BCUT2D eigenvalue weighted by molar-refractivity contribution is -0.127. The molecular formula is C18H23N3O2S3. The van der Waals surface area contributed by atoms with Crippen molar-refractivity contribution in [3.05, 3.63) is 29.1 Å². The Morgan fingerprint density at radius 2 is 1.81 bits per heavy atom. The van der Waals surface area contributed by atoms with Crippen molar-refractivity contribution >= 4 is 57.8 Å². The van der Waals surface area contributed by atoms with E-state index in [1.54, 1.807) is 33.3 Å². The highest BCUT2D eigenvalue weighted by Gasteiger charge is 2.25. The Morgan fingerprint density at radius 1 is 1.12 bits per heavy atom. The second kappa shape index (κ2) is 9.10. The molecule has 0 unspecified atom stereocenters. The fourth-order valence-corrected chi connectivity index (χ4v) is 6.48. The van der Waals surface area contributed by atoms with Gasteiger partial charge in [-0.3, -0.25) is 9.59 Å². The lowest BCUT2D eigenvalue weighted by atomic mass is 10.2. The highest BCUT2D eigenvalue weighted by molar-refractivity contribution is 8.18. The molecule has 8 heteroatoms. The number of carbonyl (C=O) groups excluding carboxylic acids is 2. The molecule has 5 nitrogen and oxygen atoms in total. The summed E-state index contributed by atoms with van der Waals surface area (Å²) in [7, 11) is 3.67. The summed E-state index contributed by atoms with van der Waals surface area (Å²) in [5.74, 6) is 2.33. The normalized spacial score (nSPS) is 15.2. The van der Waals surface area contributed by atoms with Gasteiger partial charge in [-0.05, 0) is 41.9 Å². The predicted molar refractivity (Wildman–Crippen MR) is 112 cm³/mol. The first-order valence-corrected chi connectivity index (χ1v) is 11.5. The maximum atomic E-state index is 12.7. The highest BCUT2D eigenvalue weighted by atomic mass is 32.2. The fourth-order valence-electron chi connectivity index (χ4n) is 2.78. The third kappa shape index (κ3) is 4.53. The van der Waals surface area contributed by atoms with Gasteiger partial charge in [0.05, 0.1) is 5.52 Å². The van der Waals surface area contributed by atoms with Crippen molar-refractivity contribution in [3.63, 3.8) is 0 Å². The molecule has 0 atom stereocenters. The molecule has 3 rings (SSSR count). The van der Waals surface area contributed by atoms with Gasteiger partial charge in [0.1, 0.15) is 9.46 Å². The van der Waals surface area contributed by atoms with E-state index in [-0.39, 0.29) is 16.4 Å². The zero-order valence-corrected chi connectivity index (χ0v) is 17.5. The van der Waals surface area contributed by atoms with Gasteiger partial charge in [0.2, 0.25) is 5.91 Å². The average molecular weight is 410 g/mol. The Balaban J connectivity index is 1.49. The van der Waals surface area contributed by atoms with Crippen LogP contribution in [0.3, 0.4) is 0 Å². The third-order valence-corrected chi connectivity index (χ3v) is 8.06. The molecule has 0 saturated carbocycles. The monoisotopic (exact) mass is 409 g/mol. The molecule has 1 aliphatic rings. The molecule has 0 radical (unpaired) electrons. The SMILES string of the molecule is CN(CCCN(C)C(=O)C1SCCCS1)C(=O)c1snc2ccccc12. The fraction of sp³-hybridized carbons (Fsp3) is 0.500. The van der Waals surface area contributed by atoms with Crippen molar-refractivity contribution in [2.75, 3.05) is 38.7 Å². The lowest BCUT2D eigenvalue weighted by Gasteiger charge is -2.26. The summed E-state index contributed by atoms with van der Waals surface area (Å²) < 4.78 is 4.38. The standard InChI is InChI=1S/C18H23N3O2S3/c1-20(16(22)15-13-7-3-4-8-14(13)19-26-15)9-5-10-21(2)17(23)18-24-11-6-12-25-18/h3-4,7-8,18H,5-6,9-12H2,1-2H3. The summed E-state index contributed by atoms with van der Waals surface area (Å²) in [6.07, 6.45) is 1.95. The Morgan fingerprint density at radius 3 is 2.58 bits per heavy atom. The van der Waals surface area contributed by atoms with Gasteiger partial charge in [0, 0.05) is 32.6 Å². The van der Waals surface area contributed by atoms with Crippen LogP contribution < -0.4 is 0 Å². The first kappa shape index (κ1) is 19.5. The van der Waals surface area contributed by atoms with Crippen LogP contribution in [-0.2, 0) is 4.79 Å². The Hall–Kier alpha value is -1.25. The van der Waals surface area contributed by atoms with Gasteiger partial charge in [-0.25, -0.2) is 0 Å². The van der Waals surface area contributed by atoms with Crippen molar-refractivity contribution < 1.29 is 9.59 Å². The van der Waals surface area contributed by atoms with E-state index < -0.39 is 0 Å². The van der Waals surface area contributed by atoms with E-state index in [0.29, 0.717) is 18.0 Å². The third-order valence-electron chi connectivity index (χ3n) is 4.32. The van der Waals surface area contributed by atoms with E-state index in [1.807, 2.05) is 38.4 Å². The summed E-state index contributed by atoms with van der Waals surface area (Å²) >= 11 is 4.74. The van der Waals surface area contributed by atoms with Gasteiger partial charge < -0.3 is 9.80 Å². The molecule has 1 saturated heterocycles. The maximum Gasteiger partial charge on any atom is 0.265 e. The quantitative estimate of drug-likeness (QED) is 0.732. The van der Waals surface area contributed by atoms with Gasteiger partial charge in [0.25, 0.3) is 5.91 Å². The van der Waals surface area contributed by atoms with Crippen LogP contribution in [0.2, 0.25) is 0 Å². The van der Waals surface area contributed by atoms with Crippen LogP contribution in [0.15, 0.2) is 24.3 Å². The number of hydrogen-bond donors (Lipinski definition) is 0. The Kier molecular flexibility index (Phi) is 6.83. The minimum Gasteiger partial charge on any atom is -0.344 e. The number of benzene rings is 1. The summed E-state index contributed by atoms with van der Waals surface area (Å²) in [6, 6.07) is 7.71. The molecule has 2 amide bonds. The molecule has 1 fully saturated rings. The smallest absolute Gasteiger partial charge is 0.265 e. The van der Waals surface area contributed by atoms with Crippen molar-refractivity contribution in [3.8, 4) is 0 Å². The number of nitrogens with zero attached hydrogens (tertiary/aromatic N) is 3. The Bertz CT molecular complexity index is 774. The molecule has 1 aliphatic heterocycles. The first-order chi connectivity index (χ1) is 12.6. The van der Waals surface area contributed by atoms with Crippen LogP contribution in [0.25, 0.3) is 10.9 Å². The van der Waals surface area contributed by atoms with E-state index in [2.05, 4.69) is 4.37 Å². The van der Waals surface area contributed by atoms with Crippen LogP contribution in [0.4, 0.5) is 0 Å². The van der Waals surface area contributed by atoms with E-state index in [4.69, 9.17) is 0 Å². The minimum absolute atomic E-state index is 0.00364. The molecule has 2 heterocycles. The van der Waals surface area contributed by atoms with Crippen LogP contribution in [0.5, 0.6) is 0 Å². The van der Waals surface area contributed by atoms with Gasteiger partial charge in [-0.2, -0.15) is 4.37 Å². The molecule has 26 heavy (non-hydrogen) atoms. The van der Waals surface area contributed by atoms with Crippen LogP contribution in [0, 0.1) is 0 Å². The van der Waals surface area contributed by atoms with Crippen molar-refractivity contribution in [1.82, 2.24) is 14.2 Å². The van der Waals surface area contributed by atoms with Crippen molar-refractivity contribution in [1.29, 1.82) is 0 Å². The largest absolute Gasteiger partial charge is 0.344 e. The van der Waals surface area contributed by atoms with Gasteiger partial charge in [-0.1, -0.05) is 18.2 Å². The second-order valence-electron chi connectivity index (χ2n) is 6.30. The molecule has 0 N–H and O–H groups in total. The zero-order valence-electron chi connectivity index (χ0n) is 15.0. The summed E-state index contributed by atoms with van der Waals surface area (Å²) in [4.78, 5) is 29.3. The number of thioether (sulfide) groups is 2. The van der Waals surface area contributed by atoms with Crippen molar-refractivity contribution in [2.45, 2.75) is 17.4 Å². The predicted octanol–water partition coefficient (Wildman–Crippen LogP) is 3.41. The molecule has 2 aromatic rings. The molecule has 1 aromatic carbocycles. The summed E-state index contributed by atoms with van der Waals surface area (Å²) in [6.45, 7) is 1.28. The Labute approximate surface area is 166 Å². The molecular weight excluding hydrogens is 386 g/mol. The topological polar surface area (TPSA) is 53.5 Å². The van der Waals surface area contributed by atoms with E-state index in [1.165, 1.54) is 18.0 Å². The molecule has 0 aliphatic carbocycles. The summed E-state index contributed by atoms with van der Waals surface area (Å²) in [5.41, 5.74) is 0.863. The van der Waals surface area contributed by atoms with Crippen LogP contribution >= 0.6 is 35.1 Å².